The number of aliphatic hydroxyl groups is 1. The van der Waals surface area contributed by atoms with E-state index in [1.807, 2.05) is 12.1 Å². The summed E-state index contributed by atoms with van der Waals surface area (Å²) in [4.78, 5) is 2.32. The smallest absolute Gasteiger partial charge is 0.104 e. The van der Waals surface area contributed by atoms with E-state index in [4.69, 9.17) is 5.11 Å². The maximum Gasteiger partial charge on any atom is 0.104 e. The Bertz CT molecular complexity index is 384. The van der Waals surface area contributed by atoms with Crippen LogP contribution in [0.1, 0.15) is 25.0 Å². The number of aliphatic hydroxyl groups excluding tert-OH is 1. The highest BCUT2D eigenvalue weighted by Crippen LogP contribution is 2.07. The Kier molecular flexibility index (Phi) is 5.76. The van der Waals surface area contributed by atoms with Crippen LogP contribution < -0.4 is 0 Å². The summed E-state index contributed by atoms with van der Waals surface area (Å²) in [6, 6.07) is 8.19. The molecule has 0 saturated heterocycles. The van der Waals surface area contributed by atoms with E-state index in [0.29, 0.717) is 5.92 Å². The summed E-state index contributed by atoms with van der Waals surface area (Å²) in [5.41, 5.74) is 2.25. The van der Waals surface area contributed by atoms with Gasteiger partial charge in [-0.05, 0) is 30.7 Å². The predicted octanol–water partition coefficient (Wildman–Crippen LogP) is 2.12. The van der Waals surface area contributed by atoms with E-state index in [2.05, 4.69) is 49.8 Å². The molecule has 0 heterocycles. The van der Waals surface area contributed by atoms with Crippen LogP contribution in [0.25, 0.3) is 0 Å². The Hall–Kier alpha value is -1.30. The van der Waals surface area contributed by atoms with Gasteiger partial charge in [-0.25, -0.2) is 0 Å². The second-order valence-electron chi connectivity index (χ2n) is 4.75. The van der Waals surface area contributed by atoms with E-state index >= 15 is 0 Å². The van der Waals surface area contributed by atoms with Crippen molar-refractivity contribution in [1.29, 1.82) is 0 Å². The summed E-state index contributed by atoms with van der Waals surface area (Å²) in [6.07, 6.45) is 0. The van der Waals surface area contributed by atoms with Crippen LogP contribution in [-0.2, 0) is 6.54 Å². The van der Waals surface area contributed by atoms with Gasteiger partial charge in [-0.1, -0.05) is 37.8 Å². The highest BCUT2D eigenvalue weighted by atomic mass is 16.2. The molecule has 1 aromatic rings. The molecule has 0 saturated carbocycles. The Labute approximate surface area is 104 Å². The van der Waals surface area contributed by atoms with Crippen molar-refractivity contribution in [3.63, 3.8) is 0 Å². The topological polar surface area (TPSA) is 23.5 Å². The number of hydrogen-bond acceptors (Lipinski definition) is 2. The quantitative estimate of drug-likeness (QED) is 0.802. The summed E-state index contributed by atoms with van der Waals surface area (Å²) in [6.45, 7) is 6.44. The number of rotatable bonds is 4. The molecule has 0 fully saturated rings. The third-order valence-electron chi connectivity index (χ3n) is 2.40. The highest BCUT2D eigenvalue weighted by Gasteiger charge is 2.02. The van der Waals surface area contributed by atoms with Crippen molar-refractivity contribution >= 4 is 0 Å². The first-order valence-corrected chi connectivity index (χ1v) is 5.99. The van der Waals surface area contributed by atoms with Crippen LogP contribution in [0.3, 0.4) is 0 Å². The fourth-order valence-electron chi connectivity index (χ4n) is 1.83. The Morgan fingerprint density at radius 3 is 2.41 bits per heavy atom. The molecule has 0 spiro atoms. The van der Waals surface area contributed by atoms with E-state index in [-0.39, 0.29) is 6.61 Å². The van der Waals surface area contributed by atoms with Gasteiger partial charge in [0.1, 0.15) is 6.61 Å². The third-order valence-corrected chi connectivity index (χ3v) is 2.40. The lowest BCUT2D eigenvalue weighted by Gasteiger charge is -2.18. The van der Waals surface area contributed by atoms with Gasteiger partial charge in [0.25, 0.3) is 0 Å². The minimum atomic E-state index is -0.0844. The zero-order chi connectivity index (χ0) is 12.7. The fourth-order valence-corrected chi connectivity index (χ4v) is 1.83. The SMILES string of the molecule is CC(C)CN(C)Cc1ccc(C#CCO)cc1. The summed E-state index contributed by atoms with van der Waals surface area (Å²) in [5, 5.41) is 8.60. The van der Waals surface area contributed by atoms with Gasteiger partial charge in [0, 0.05) is 18.7 Å². The lowest BCUT2D eigenvalue weighted by molar-refractivity contribution is 0.288. The average molecular weight is 231 g/mol. The lowest BCUT2D eigenvalue weighted by Crippen LogP contribution is -2.22. The van der Waals surface area contributed by atoms with Gasteiger partial charge in [-0.15, -0.1) is 0 Å². The summed E-state index contributed by atoms with van der Waals surface area (Å²) in [5.74, 6) is 6.23. The van der Waals surface area contributed by atoms with Crippen molar-refractivity contribution in [2.45, 2.75) is 20.4 Å². The van der Waals surface area contributed by atoms with E-state index < -0.39 is 0 Å². The molecule has 17 heavy (non-hydrogen) atoms. The van der Waals surface area contributed by atoms with Crippen LogP contribution in [0.15, 0.2) is 24.3 Å². The van der Waals surface area contributed by atoms with Gasteiger partial charge >= 0.3 is 0 Å². The number of hydrogen-bond donors (Lipinski definition) is 1. The second kappa shape index (κ2) is 7.11. The van der Waals surface area contributed by atoms with Gasteiger partial charge in [-0.2, -0.15) is 0 Å². The summed E-state index contributed by atoms with van der Waals surface area (Å²) in [7, 11) is 2.14. The molecule has 0 unspecified atom stereocenters. The molecule has 1 aromatic carbocycles. The number of nitrogens with zero attached hydrogens (tertiary/aromatic N) is 1. The number of benzene rings is 1. The van der Waals surface area contributed by atoms with Crippen LogP contribution >= 0.6 is 0 Å². The predicted molar refractivity (Wildman–Crippen MR) is 71.6 cm³/mol. The van der Waals surface area contributed by atoms with E-state index in [9.17, 15) is 0 Å². The Balaban J connectivity index is 2.56. The molecular formula is C15H21NO. The molecule has 0 aromatic heterocycles. The molecule has 1 rings (SSSR count). The molecule has 0 amide bonds. The largest absolute Gasteiger partial charge is 0.384 e. The molecule has 2 nitrogen and oxygen atoms in total. The van der Waals surface area contributed by atoms with Gasteiger partial charge in [0.05, 0.1) is 0 Å². The first-order chi connectivity index (χ1) is 8.11. The highest BCUT2D eigenvalue weighted by molar-refractivity contribution is 5.36. The lowest BCUT2D eigenvalue weighted by atomic mass is 10.1. The molecule has 0 radical (unpaired) electrons. The Morgan fingerprint density at radius 2 is 1.88 bits per heavy atom. The van der Waals surface area contributed by atoms with Crippen LogP contribution in [0.2, 0.25) is 0 Å². The monoisotopic (exact) mass is 231 g/mol. The van der Waals surface area contributed by atoms with Crippen molar-refractivity contribution in [1.82, 2.24) is 4.90 Å². The molecule has 0 aliphatic carbocycles. The van der Waals surface area contributed by atoms with Gasteiger partial charge in [-0.3, -0.25) is 0 Å². The summed E-state index contributed by atoms with van der Waals surface area (Å²) >= 11 is 0. The van der Waals surface area contributed by atoms with Crippen LogP contribution in [0, 0.1) is 17.8 Å². The fraction of sp³-hybridized carbons (Fsp3) is 0.467. The van der Waals surface area contributed by atoms with E-state index in [1.54, 1.807) is 0 Å². The molecule has 0 bridgehead atoms. The van der Waals surface area contributed by atoms with Crippen molar-refractivity contribution in [3.05, 3.63) is 35.4 Å². The maximum atomic E-state index is 8.60. The zero-order valence-corrected chi connectivity index (χ0v) is 10.9. The summed E-state index contributed by atoms with van der Waals surface area (Å²) < 4.78 is 0. The molecule has 92 valence electrons. The minimum absolute atomic E-state index is 0.0844. The minimum Gasteiger partial charge on any atom is -0.384 e. The van der Waals surface area contributed by atoms with Crippen molar-refractivity contribution in [3.8, 4) is 11.8 Å². The molecule has 0 aliphatic heterocycles. The van der Waals surface area contributed by atoms with Crippen LogP contribution in [0.5, 0.6) is 0 Å². The second-order valence-corrected chi connectivity index (χ2v) is 4.75. The molecule has 0 atom stereocenters. The van der Waals surface area contributed by atoms with Crippen molar-refractivity contribution < 1.29 is 5.11 Å². The average Bonchev–Trinajstić information content (AvgIpc) is 2.27. The molecule has 1 N–H and O–H groups in total. The molecule has 2 heteroatoms. The first-order valence-electron chi connectivity index (χ1n) is 5.99. The van der Waals surface area contributed by atoms with Gasteiger partial charge in [0.15, 0.2) is 0 Å². The standard InChI is InChI=1S/C15H21NO/c1-13(2)11-16(3)12-15-8-6-14(7-9-15)5-4-10-17/h6-9,13,17H,10-12H2,1-3H3. The van der Waals surface area contributed by atoms with Crippen LogP contribution in [0.4, 0.5) is 0 Å². The van der Waals surface area contributed by atoms with Crippen LogP contribution in [-0.4, -0.2) is 30.2 Å². The van der Waals surface area contributed by atoms with Gasteiger partial charge in [0.2, 0.25) is 0 Å². The third kappa shape index (κ3) is 5.53. The van der Waals surface area contributed by atoms with Crippen molar-refractivity contribution in [2.24, 2.45) is 5.92 Å². The van der Waals surface area contributed by atoms with Crippen molar-refractivity contribution in [2.75, 3.05) is 20.2 Å². The molecular weight excluding hydrogens is 210 g/mol. The van der Waals surface area contributed by atoms with E-state index in [1.165, 1.54) is 5.56 Å². The zero-order valence-electron chi connectivity index (χ0n) is 10.9. The Morgan fingerprint density at radius 1 is 1.24 bits per heavy atom. The normalized spacial score (nSPS) is 10.5. The maximum absolute atomic E-state index is 8.60. The van der Waals surface area contributed by atoms with E-state index in [0.717, 1.165) is 18.7 Å². The van der Waals surface area contributed by atoms with Gasteiger partial charge < -0.3 is 10.0 Å². The first kappa shape index (κ1) is 13.8. The molecule has 0 aliphatic rings.